The molecule has 0 radical (unpaired) electrons. The first kappa shape index (κ1) is 47.7. The number of hydrogen-bond acceptors (Lipinski definition) is 12. The lowest BCUT2D eigenvalue weighted by Crippen LogP contribution is -2.58. The molecule has 3 N–H and O–H groups in total. The average molecular weight is 938 g/mol. The first-order chi connectivity index (χ1) is 28.0. The zero-order chi connectivity index (χ0) is 42.4. The molecule has 19 heteroatoms. The van der Waals surface area contributed by atoms with Crippen molar-refractivity contribution < 1.29 is 37.0 Å². The number of rotatable bonds is 15. The molecule has 4 aromatic rings. The fraction of sp³-hybridized carbons (Fsp3) is 0.452. The van der Waals surface area contributed by atoms with Crippen LogP contribution in [0, 0.1) is 11.3 Å². The van der Waals surface area contributed by atoms with Crippen molar-refractivity contribution in [2.45, 2.75) is 88.8 Å². The maximum atomic E-state index is 15.0. The minimum Gasteiger partial charge on any atom is -0.497 e. The van der Waals surface area contributed by atoms with E-state index >= 15 is 4.79 Å². The highest BCUT2D eigenvalue weighted by Gasteiger charge is 2.62. The Balaban J connectivity index is 0.00000352. The Morgan fingerprint density at radius 2 is 1.79 bits per heavy atom. The number of carbonyl (C=O) groups excluding carboxylic acids is 3. The zero-order valence-electron chi connectivity index (χ0n) is 34.7. The van der Waals surface area contributed by atoms with Crippen LogP contribution in [0.2, 0.25) is 5.02 Å². The molecule has 1 saturated heterocycles. The Morgan fingerprint density at radius 1 is 1.08 bits per heavy atom. The van der Waals surface area contributed by atoms with Crippen LogP contribution >= 0.6 is 47.8 Å². The van der Waals surface area contributed by atoms with Crippen molar-refractivity contribution in [1.29, 1.82) is 0 Å². The molecule has 1 aliphatic heterocycles. The molecule has 0 spiro atoms. The SMILES string of the molecule is C=C[C@@H]1C[C@]1(NC(=O)[C@@H]1C[C@@H](Oc2ncc(OC)c3ccc(Cl)cc23)CN1C(=O)[C@@H](Nc1nc(-c2ccc(OC)cc2)c(CC)s1)C(C)(C)C)C(=O)NS(=O)(=O)C1CC1.Cl.Cl. The fourth-order valence-electron chi connectivity index (χ4n) is 7.54. The maximum Gasteiger partial charge on any atom is 0.259 e. The summed E-state index contributed by atoms with van der Waals surface area (Å²) in [5.74, 6) is -0.871. The topological polar surface area (TPSA) is 178 Å². The van der Waals surface area contributed by atoms with E-state index < -0.39 is 62.1 Å². The molecule has 5 atom stereocenters. The van der Waals surface area contributed by atoms with Crippen LogP contribution in [0.1, 0.15) is 58.3 Å². The van der Waals surface area contributed by atoms with Gasteiger partial charge in [-0.1, -0.05) is 45.4 Å². The Kier molecular flexibility index (Phi) is 14.5. The lowest BCUT2D eigenvalue weighted by Gasteiger charge is -2.35. The van der Waals surface area contributed by atoms with Crippen LogP contribution in [-0.4, -0.2) is 90.7 Å². The van der Waals surface area contributed by atoms with Crippen LogP contribution in [0.4, 0.5) is 5.13 Å². The van der Waals surface area contributed by atoms with E-state index in [1.807, 2.05) is 52.0 Å². The summed E-state index contributed by atoms with van der Waals surface area (Å²) in [6, 6.07) is 10.9. The molecule has 330 valence electrons. The molecule has 2 aromatic heterocycles. The van der Waals surface area contributed by atoms with Gasteiger partial charge in [-0.05, 0) is 73.6 Å². The van der Waals surface area contributed by atoms with Crippen molar-refractivity contribution in [3.05, 3.63) is 71.2 Å². The number of methoxy groups -OCH3 is 2. The smallest absolute Gasteiger partial charge is 0.259 e. The van der Waals surface area contributed by atoms with E-state index in [0.29, 0.717) is 45.9 Å². The number of aromatic nitrogens is 2. The summed E-state index contributed by atoms with van der Waals surface area (Å²) < 4.78 is 45.2. The van der Waals surface area contributed by atoms with Crippen LogP contribution in [-0.2, 0) is 30.8 Å². The van der Waals surface area contributed by atoms with Gasteiger partial charge in [-0.25, -0.2) is 18.4 Å². The molecule has 61 heavy (non-hydrogen) atoms. The Morgan fingerprint density at radius 3 is 2.38 bits per heavy atom. The normalized spacial score (nSPS) is 21.3. The summed E-state index contributed by atoms with van der Waals surface area (Å²) >= 11 is 7.85. The number of nitrogens with one attached hydrogen (secondary N) is 3. The Bertz CT molecular complexity index is 2410. The molecule has 7 rings (SSSR count). The van der Waals surface area contributed by atoms with Crippen molar-refractivity contribution in [3.63, 3.8) is 0 Å². The number of fused-ring (bicyclic) bond motifs is 1. The Hall–Kier alpha value is -4.35. The number of anilines is 1. The van der Waals surface area contributed by atoms with E-state index in [1.165, 1.54) is 35.6 Å². The Labute approximate surface area is 377 Å². The van der Waals surface area contributed by atoms with Crippen molar-refractivity contribution in [2.24, 2.45) is 11.3 Å². The van der Waals surface area contributed by atoms with Gasteiger partial charge in [0.15, 0.2) is 5.13 Å². The lowest BCUT2D eigenvalue weighted by molar-refractivity contribution is -0.141. The summed E-state index contributed by atoms with van der Waals surface area (Å²) in [6.07, 6.45) is 4.17. The maximum absolute atomic E-state index is 15.0. The number of nitrogens with zero attached hydrogens (tertiary/aromatic N) is 3. The second-order valence-corrected chi connectivity index (χ2v) is 19.8. The van der Waals surface area contributed by atoms with Crippen LogP contribution in [0.25, 0.3) is 22.0 Å². The summed E-state index contributed by atoms with van der Waals surface area (Å²) in [7, 11) is -0.758. The number of sulfonamides is 1. The van der Waals surface area contributed by atoms with Gasteiger partial charge >= 0.3 is 0 Å². The second-order valence-electron chi connectivity index (χ2n) is 16.3. The van der Waals surface area contributed by atoms with Gasteiger partial charge in [-0.15, -0.1) is 42.7 Å². The van der Waals surface area contributed by atoms with Gasteiger partial charge in [0.2, 0.25) is 27.7 Å². The van der Waals surface area contributed by atoms with Crippen molar-refractivity contribution in [1.82, 2.24) is 24.9 Å². The number of amides is 3. The molecule has 3 aliphatic rings. The molecule has 14 nitrogen and oxygen atoms in total. The van der Waals surface area contributed by atoms with Crippen molar-refractivity contribution in [3.8, 4) is 28.6 Å². The van der Waals surface area contributed by atoms with E-state index in [-0.39, 0.29) is 56.0 Å². The quantitative estimate of drug-likeness (QED) is 0.105. The minimum absolute atomic E-state index is 0. The summed E-state index contributed by atoms with van der Waals surface area (Å²) in [5.41, 5.74) is -0.524. The molecule has 2 aromatic carbocycles. The number of thiazole rings is 1. The number of halogens is 3. The molecule has 3 heterocycles. The largest absolute Gasteiger partial charge is 0.497 e. The summed E-state index contributed by atoms with van der Waals surface area (Å²) in [4.78, 5) is 55.2. The van der Waals surface area contributed by atoms with Gasteiger partial charge in [-0.3, -0.25) is 19.1 Å². The van der Waals surface area contributed by atoms with Gasteiger partial charge in [0.1, 0.15) is 35.2 Å². The number of aryl methyl sites for hydroxylation is 1. The number of hydrogen-bond donors (Lipinski definition) is 3. The molecule has 3 fully saturated rings. The van der Waals surface area contributed by atoms with Gasteiger partial charge in [0.05, 0.1) is 37.9 Å². The lowest BCUT2D eigenvalue weighted by atomic mass is 9.85. The monoisotopic (exact) mass is 936 g/mol. The highest BCUT2D eigenvalue weighted by molar-refractivity contribution is 7.91. The van der Waals surface area contributed by atoms with E-state index in [2.05, 4.69) is 26.9 Å². The third-order valence-corrected chi connectivity index (χ3v) is 14.3. The van der Waals surface area contributed by atoms with E-state index in [0.717, 1.165) is 21.9 Å². The number of likely N-dealkylation sites (tertiary alicyclic amines) is 1. The van der Waals surface area contributed by atoms with Crippen molar-refractivity contribution >= 4 is 91.4 Å². The first-order valence-electron chi connectivity index (χ1n) is 19.5. The number of carbonyl (C=O) groups is 3. The number of pyridine rings is 1. The average Bonchev–Trinajstić information content (AvgIpc) is 4.11. The molecule has 0 unspecified atom stereocenters. The van der Waals surface area contributed by atoms with Gasteiger partial charge in [0, 0.05) is 38.6 Å². The highest BCUT2D eigenvalue weighted by Crippen LogP contribution is 2.46. The van der Waals surface area contributed by atoms with Crippen LogP contribution in [0.5, 0.6) is 17.4 Å². The molecule has 2 aliphatic carbocycles. The third-order valence-electron chi connectivity index (χ3n) is 11.1. The fourth-order valence-corrected chi connectivity index (χ4v) is 10.0. The summed E-state index contributed by atoms with van der Waals surface area (Å²) in [6.45, 7) is 11.6. The van der Waals surface area contributed by atoms with E-state index in [4.69, 9.17) is 30.8 Å². The van der Waals surface area contributed by atoms with Gasteiger partial charge < -0.3 is 29.7 Å². The number of ether oxygens (including phenoxy) is 3. The third kappa shape index (κ3) is 9.83. The summed E-state index contributed by atoms with van der Waals surface area (Å²) in [5, 5.41) is 7.93. The van der Waals surface area contributed by atoms with Gasteiger partial charge in [-0.2, -0.15) is 0 Å². The number of benzene rings is 2. The predicted octanol–water partition coefficient (Wildman–Crippen LogP) is 6.98. The van der Waals surface area contributed by atoms with Crippen LogP contribution < -0.4 is 29.6 Å². The molecule has 2 saturated carbocycles. The standard InChI is InChI=1S/C42H49ClN6O8S2.2ClH/c1-8-24-20-42(24,39(52)48-59(53,54)28-15-16-28)47-36(50)31-19-27(57-37-30-18-25(43)12-17-29(30)32(56-7)21-44-37)22-49(31)38(51)35(41(3,4)5)46-40-45-34(33(9-2)58-40)23-10-13-26(55-6)14-11-23;;/h8,10-14,17-18,21,24,27-28,31,35H,1,9,15-16,19-20,22H2,2-7H3,(H,45,46)(H,47,50)(H,48,52);2*1H/t24-,27-,31+,35-,42-;;/m1../s1. The predicted molar refractivity (Wildman–Crippen MR) is 242 cm³/mol. The van der Waals surface area contributed by atoms with E-state index in [9.17, 15) is 18.0 Å². The van der Waals surface area contributed by atoms with Gasteiger partial charge in [0.25, 0.3) is 5.91 Å². The zero-order valence-corrected chi connectivity index (χ0v) is 38.7. The van der Waals surface area contributed by atoms with E-state index in [1.54, 1.807) is 25.3 Å². The highest BCUT2D eigenvalue weighted by atomic mass is 35.5. The molecular formula is C42H51Cl3N6O8S2. The minimum atomic E-state index is -3.91. The van der Waals surface area contributed by atoms with Crippen molar-refractivity contribution in [2.75, 3.05) is 26.1 Å². The van der Waals surface area contributed by atoms with Crippen LogP contribution in [0.15, 0.2) is 61.3 Å². The van der Waals surface area contributed by atoms with Crippen LogP contribution in [0.3, 0.4) is 0 Å². The molecule has 3 amide bonds. The second kappa shape index (κ2) is 18.6. The first-order valence-corrected chi connectivity index (χ1v) is 22.3. The molecular weight excluding hydrogens is 887 g/mol. The molecule has 0 bridgehead atoms.